The average Bonchev–Trinajstić information content (AvgIpc) is 3.00. The van der Waals surface area contributed by atoms with Crippen molar-refractivity contribution in [1.82, 2.24) is 0 Å². The maximum absolute atomic E-state index is 13.1. The number of carbonyl (C=O) groups excluding carboxylic acids is 2. The lowest BCUT2D eigenvalue weighted by molar-refractivity contribution is -0.154. The maximum atomic E-state index is 13.1. The molecule has 4 aromatic carbocycles. The molecule has 39 heavy (non-hydrogen) atoms. The van der Waals surface area contributed by atoms with Gasteiger partial charge in [0, 0.05) is 5.56 Å². The van der Waals surface area contributed by atoms with Crippen LogP contribution in [0.15, 0.2) is 103 Å². The zero-order valence-corrected chi connectivity index (χ0v) is 22.0. The molecule has 0 fully saturated rings. The van der Waals surface area contributed by atoms with E-state index in [-0.39, 0.29) is 12.2 Å². The van der Waals surface area contributed by atoms with Crippen molar-refractivity contribution in [3.63, 3.8) is 0 Å². The van der Waals surface area contributed by atoms with Crippen LogP contribution in [0.25, 0.3) is 0 Å². The Morgan fingerprint density at radius 2 is 1.13 bits per heavy atom. The van der Waals surface area contributed by atoms with Gasteiger partial charge in [-0.05, 0) is 28.8 Å². The zero-order valence-electron chi connectivity index (χ0n) is 22.0. The number of hydrogen-bond donors (Lipinski definition) is 0. The quantitative estimate of drug-likeness (QED) is 0.125. The Kier molecular flexibility index (Phi) is 9.32. The fraction of sp³-hybridized carbons (Fsp3) is 0.188. The van der Waals surface area contributed by atoms with Gasteiger partial charge in [-0.15, -0.1) is 0 Å². The second-order valence-electron chi connectivity index (χ2n) is 8.61. The number of benzene rings is 4. The molecule has 2 atom stereocenters. The third-order valence-corrected chi connectivity index (χ3v) is 6.14. The molecular formula is C32H30O7. The van der Waals surface area contributed by atoms with Crippen LogP contribution in [0.2, 0.25) is 0 Å². The largest absolute Gasteiger partial charge is 0.493 e. The summed E-state index contributed by atoms with van der Waals surface area (Å²) in [6, 6.07) is 30.6. The van der Waals surface area contributed by atoms with Gasteiger partial charge in [0.2, 0.25) is 5.75 Å². The van der Waals surface area contributed by atoms with E-state index in [1.54, 1.807) is 56.7 Å². The average molecular weight is 527 g/mol. The summed E-state index contributed by atoms with van der Waals surface area (Å²) in [4.78, 5) is 26.0. The molecule has 0 N–H and O–H groups in total. The second-order valence-corrected chi connectivity index (χ2v) is 8.61. The van der Waals surface area contributed by atoms with Crippen molar-refractivity contribution < 1.29 is 33.3 Å². The van der Waals surface area contributed by atoms with Crippen molar-refractivity contribution in [2.24, 2.45) is 0 Å². The van der Waals surface area contributed by atoms with Gasteiger partial charge in [-0.25, -0.2) is 4.79 Å². The van der Waals surface area contributed by atoms with Gasteiger partial charge in [-0.1, -0.05) is 91.0 Å². The van der Waals surface area contributed by atoms with Crippen LogP contribution >= 0.6 is 0 Å². The Morgan fingerprint density at radius 3 is 1.62 bits per heavy atom. The minimum atomic E-state index is -0.965. The van der Waals surface area contributed by atoms with Gasteiger partial charge in [0.25, 0.3) is 5.78 Å². The highest BCUT2D eigenvalue weighted by Gasteiger charge is 2.32. The third-order valence-electron chi connectivity index (χ3n) is 6.14. The summed E-state index contributed by atoms with van der Waals surface area (Å²) in [7, 11) is 4.63. The minimum Gasteiger partial charge on any atom is -0.493 e. The molecule has 0 bridgehead atoms. The van der Waals surface area contributed by atoms with E-state index in [2.05, 4.69) is 0 Å². The lowest BCUT2D eigenvalue weighted by atomic mass is 9.97. The van der Waals surface area contributed by atoms with Crippen LogP contribution in [0.5, 0.6) is 17.2 Å². The second kappa shape index (κ2) is 13.3. The van der Waals surface area contributed by atoms with Crippen molar-refractivity contribution in [3.05, 3.63) is 125 Å². The lowest BCUT2D eigenvalue weighted by Gasteiger charge is -2.28. The van der Waals surface area contributed by atoms with Gasteiger partial charge in [0.15, 0.2) is 17.6 Å². The van der Waals surface area contributed by atoms with Crippen molar-refractivity contribution >= 4 is 11.8 Å². The SMILES string of the molecule is COc1cc(CO[C@H](c2ccccc2)[C@H](OC(=O)C(=O)c2ccccc2)c2ccccc2)cc(OC)c1OC. The van der Waals surface area contributed by atoms with Crippen LogP contribution in [-0.2, 0) is 20.9 Å². The molecule has 4 rings (SSSR count). The molecule has 0 radical (unpaired) electrons. The Morgan fingerprint density at radius 1 is 0.641 bits per heavy atom. The van der Waals surface area contributed by atoms with Crippen LogP contribution in [-0.4, -0.2) is 33.1 Å². The summed E-state index contributed by atoms with van der Waals surface area (Å²) in [6.07, 6.45) is -1.64. The molecule has 0 heterocycles. The predicted molar refractivity (Wildman–Crippen MR) is 146 cm³/mol. The number of ether oxygens (including phenoxy) is 5. The molecule has 0 spiro atoms. The van der Waals surface area contributed by atoms with Crippen molar-refractivity contribution in [3.8, 4) is 17.2 Å². The van der Waals surface area contributed by atoms with Crippen LogP contribution in [0, 0.1) is 0 Å². The predicted octanol–water partition coefficient (Wildman–Crippen LogP) is 6.14. The number of esters is 1. The summed E-state index contributed by atoms with van der Waals surface area (Å²) in [5, 5.41) is 0. The van der Waals surface area contributed by atoms with Crippen LogP contribution in [0.4, 0.5) is 0 Å². The number of methoxy groups -OCH3 is 3. The normalized spacial score (nSPS) is 12.2. The van der Waals surface area contributed by atoms with Crippen molar-refractivity contribution in [2.75, 3.05) is 21.3 Å². The van der Waals surface area contributed by atoms with Crippen LogP contribution in [0.3, 0.4) is 0 Å². The number of carbonyl (C=O) groups is 2. The van der Waals surface area contributed by atoms with Gasteiger partial charge in [-0.3, -0.25) is 4.79 Å². The Balaban J connectivity index is 1.69. The maximum Gasteiger partial charge on any atom is 0.380 e. The minimum absolute atomic E-state index is 0.129. The highest BCUT2D eigenvalue weighted by molar-refractivity contribution is 6.40. The van der Waals surface area contributed by atoms with Crippen LogP contribution < -0.4 is 14.2 Å². The number of ketones is 1. The smallest absolute Gasteiger partial charge is 0.380 e. The highest BCUT2D eigenvalue weighted by atomic mass is 16.6. The number of rotatable bonds is 12. The fourth-order valence-electron chi connectivity index (χ4n) is 4.23. The first-order valence-electron chi connectivity index (χ1n) is 12.4. The first kappa shape index (κ1) is 27.4. The highest BCUT2D eigenvalue weighted by Crippen LogP contribution is 2.40. The summed E-state index contributed by atoms with van der Waals surface area (Å²) in [5.41, 5.74) is 2.47. The topological polar surface area (TPSA) is 80.3 Å². The summed E-state index contributed by atoms with van der Waals surface area (Å²) in [5.74, 6) is -0.239. The summed E-state index contributed by atoms with van der Waals surface area (Å²) < 4.78 is 28.7. The Bertz CT molecular complexity index is 1350. The van der Waals surface area contributed by atoms with Gasteiger partial charge in [0.05, 0.1) is 27.9 Å². The molecule has 0 amide bonds. The molecule has 0 aliphatic carbocycles. The summed E-state index contributed by atoms with van der Waals surface area (Å²) >= 11 is 0. The molecule has 7 heteroatoms. The van der Waals surface area contributed by atoms with E-state index in [0.29, 0.717) is 22.8 Å². The molecule has 7 nitrogen and oxygen atoms in total. The van der Waals surface area contributed by atoms with Gasteiger partial charge < -0.3 is 23.7 Å². The van der Waals surface area contributed by atoms with E-state index < -0.39 is 24.0 Å². The standard InChI is InChI=1S/C32H30O7/c1-35-26-19-22(20-27(36-2)31(26)37-3)21-38-29(24-15-9-5-10-16-24)30(25-17-11-6-12-18-25)39-32(34)28(33)23-13-7-4-8-14-23/h4-20,29-30H,21H2,1-3H3/t29-,30-/m1/s1. The monoisotopic (exact) mass is 526 g/mol. The Labute approximate surface area is 227 Å². The van der Waals surface area contributed by atoms with Crippen molar-refractivity contribution in [1.29, 1.82) is 0 Å². The lowest BCUT2D eigenvalue weighted by Crippen LogP contribution is -2.25. The zero-order chi connectivity index (χ0) is 27.6. The van der Waals surface area contributed by atoms with E-state index in [9.17, 15) is 9.59 Å². The molecular weight excluding hydrogens is 496 g/mol. The Hall–Kier alpha value is -4.62. The fourth-order valence-corrected chi connectivity index (χ4v) is 4.23. The van der Waals surface area contributed by atoms with Gasteiger partial charge >= 0.3 is 5.97 Å². The number of hydrogen-bond acceptors (Lipinski definition) is 7. The van der Waals surface area contributed by atoms with E-state index in [1.165, 1.54) is 7.11 Å². The first-order chi connectivity index (χ1) is 19.0. The van der Waals surface area contributed by atoms with E-state index in [4.69, 9.17) is 23.7 Å². The molecule has 200 valence electrons. The van der Waals surface area contributed by atoms with Crippen molar-refractivity contribution in [2.45, 2.75) is 18.8 Å². The first-order valence-corrected chi connectivity index (χ1v) is 12.4. The molecule has 0 saturated carbocycles. The summed E-state index contributed by atoms with van der Waals surface area (Å²) in [6.45, 7) is 0.129. The molecule has 4 aromatic rings. The van der Waals surface area contributed by atoms with Gasteiger partial charge in [0.1, 0.15) is 6.10 Å². The molecule has 0 unspecified atom stereocenters. The number of Topliss-reactive ketones (excluding diaryl/α,β-unsaturated/α-hetero) is 1. The molecule has 0 aromatic heterocycles. The molecule has 0 aliphatic rings. The van der Waals surface area contributed by atoms with E-state index in [1.807, 2.05) is 60.7 Å². The van der Waals surface area contributed by atoms with Gasteiger partial charge in [-0.2, -0.15) is 0 Å². The molecule has 0 saturated heterocycles. The third kappa shape index (κ3) is 6.64. The van der Waals surface area contributed by atoms with E-state index in [0.717, 1.165) is 11.1 Å². The molecule has 0 aliphatic heterocycles. The van der Waals surface area contributed by atoms with Crippen LogP contribution in [0.1, 0.15) is 39.3 Å². The van der Waals surface area contributed by atoms with E-state index >= 15 is 0 Å².